The second kappa shape index (κ2) is 6.32. The second-order valence-corrected chi connectivity index (χ2v) is 5.57. The van der Waals surface area contributed by atoms with E-state index in [4.69, 9.17) is 23.2 Å². The molecule has 7 heteroatoms. The minimum atomic E-state index is -0.572. The number of hydrogen-bond acceptors (Lipinski definition) is 3. The van der Waals surface area contributed by atoms with Crippen LogP contribution in [0.2, 0.25) is 10.2 Å². The molecule has 0 bridgehead atoms. The molecule has 3 aromatic rings. The number of hydrazone groups is 1. The van der Waals surface area contributed by atoms with Crippen LogP contribution in [0.25, 0.3) is 10.9 Å². The van der Waals surface area contributed by atoms with Gasteiger partial charge in [0, 0.05) is 21.5 Å². The van der Waals surface area contributed by atoms with Gasteiger partial charge in [0.05, 0.1) is 11.8 Å². The van der Waals surface area contributed by atoms with Crippen LogP contribution in [0.4, 0.5) is 0 Å². The van der Waals surface area contributed by atoms with Crippen molar-refractivity contribution in [1.29, 1.82) is 0 Å². The van der Waals surface area contributed by atoms with Gasteiger partial charge in [0.15, 0.2) is 0 Å². The van der Waals surface area contributed by atoms with Gasteiger partial charge >= 0.3 is 0 Å². The van der Waals surface area contributed by atoms with Gasteiger partial charge in [0.25, 0.3) is 5.91 Å². The monoisotopic (exact) mass is 347 g/mol. The number of aromatic hydroxyl groups is 1. The van der Waals surface area contributed by atoms with Crippen LogP contribution in [-0.2, 0) is 0 Å². The number of H-pyrrole nitrogens is 1. The third-order valence-corrected chi connectivity index (χ3v) is 3.79. The van der Waals surface area contributed by atoms with E-state index in [-0.39, 0.29) is 11.3 Å². The first-order chi connectivity index (χ1) is 11.1. The molecule has 0 aliphatic rings. The zero-order valence-electron chi connectivity index (χ0n) is 11.7. The number of phenols is 1. The van der Waals surface area contributed by atoms with Gasteiger partial charge in [-0.25, -0.2) is 5.43 Å². The van der Waals surface area contributed by atoms with E-state index >= 15 is 0 Å². The number of aromatic amines is 1. The largest absolute Gasteiger partial charge is 0.507 e. The molecule has 23 heavy (non-hydrogen) atoms. The van der Waals surface area contributed by atoms with Gasteiger partial charge in [-0.1, -0.05) is 41.4 Å². The van der Waals surface area contributed by atoms with Crippen LogP contribution in [0.3, 0.4) is 0 Å². The first kappa shape index (κ1) is 15.4. The SMILES string of the molecule is O=C(NN=Cc1c(Cl)[nH]c2ccccc12)c1cc(Cl)ccc1O. The number of nitrogens with one attached hydrogen (secondary N) is 2. The fourth-order valence-electron chi connectivity index (χ4n) is 2.16. The Morgan fingerprint density at radius 2 is 2.00 bits per heavy atom. The highest BCUT2D eigenvalue weighted by atomic mass is 35.5. The summed E-state index contributed by atoms with van der Waals surface area (Å²) in [6.07, 6.45) is 1.45. The molecule has 0 fully saturated rings. The average Bonchev–Trinajstić information content (AvgIpc) is 2.85. The molecule has 0 atom stereocenters. The number of hydrogen-bond donors (Lipinski definition) is 3. The second-order valence-electron chi connectivity index (χ2n) is 4.76. The first-order valence-corrected chi connectivity index (χ1v) is 7.40. The Hall–Kier alpha value is -2.50. The number of halogens is 2. The van der Waals surface area contributed by atoms with E-state index in [0.717, 1.165) is 10.9 Å². The maximum atomic E-state index is 12.0. The molecule has 0 aliphatic carbocycles. The topological polar surface area (TPSA) is 77.5 Å². The molecular weight excluding hydrogens is 337 g/mol. The van der Waals surface area contributed by atoms with Crippen molar-refractivity contribution in [2.24, 2.45) is 5.10 Å². The van der Waals surface area contributed by atoms with Crippen molar-refractivity contribution < 1.29 is 9.90 Å². The number of nitrogens with zero attached hydrogens (tertiary/aromatic N) is 1. The number of benzene rings is 2. The standard InChI is InChI=1S/C16H11Cl2N3O2/c17-9-5-6-14(22)11(7-9)16(23)21-19-8-12-10-3-1-2-4-13(10)20-15(12)18/h1-8,20,22H,(H,21,23). The highest BCUT2D eigenvalue weighted by Gasteiger charge is 2.11. The van der Waals surface area contributed by atoms with Gasteiger partial charge in [0.2, 0.25) is 0 Å². The summed E-state index contributed by atoms with van der Waals surface area (Å²) in [5.74, 6) is -0.746. The zero-order chi connectivity index (χ0) is 16.4. The molecule has 0 saturated heterocycles. The van der Waals surface area contributed by atoms with E-state index in [0.29, 0.717) is 15.7 Å². The summed E-state index contributed by atoms with van der Waals surface area (Å²) in [5.41, 5.74) is 3.92. The van der Waals surface area contributed by atoms with E-state index < -0.39 is 5.91 Å². The molecule has 116 valence electrons. The fourth-order valence-corrected chi connectivity index (χ4v) is 2.59. The van der Waals surface area contributed by atoms with E-state index in [1.54, 1.807) is 0 Å². The average molecular weight is 348 g/mol. The summed E-state index contributed by atoms with van der Waals surface area (Å²) in [4.78, 5) is 15.0. The van der Waals surface area contributed by atoms with Gasteiger partial charge in [-0.3, -0.25) is 4.79 Å². The lowest BCUT2D eigenvalue weighted by Gasteiger charge is -2.03. The Bertz CT molecular complexity index is 919. The van der Waals surface area contributed by atoms with Crippen LogP contribution in [0.15, 0.2) is 47.6 Å². The lowest BCUT2D eigenvalue weighted by atomic mass is 10.2. The summed E-state index contributed by atoms with van der Waals surface area (Å²) < 4.78 is 0. The number of rotatable bonds is 3. The van der Waals surface area contributed by atoms with Gasteiger partial charge in [0.1, 0.15) is 10.9 Å². The quantitative estimate of drug-likeness (QED) is 0.495. The normalized spacial score (nSPS) is 11.2. The molecule has 1 heterocycles. The number of carbonyl (C=O) groups excluding carboxylic acids is 1. The number of phenolic OH excluding ortho intramolecular Hbond substituents is 1. The zero-order valence-corrected chi connectivity index (χ0v) is 13.2. The summed E-state index contributed by atoms with van der Waals surface area (Å²) in [5, 5.41) is 15.2. The van der Waals surface area contributed by atoms with Crippen molar-refractivity contribution in [3.63, 3.8) is 0 Å². The Kier molecular flexibility index (Phi) is 4.23. The van der Waals surface area contributed by atoms with Crippen molar-refractivity contribution in [3.8, 4) is 5.75 Å². The Morgan fingerprint density at radius 1 is 1.22 bits per heavy atom. The van der Waals surface area contributed by atoms with Gasteiger partial charge < -0.3 is 10.1 Å². The molecule has 1 amide bonds. The van der Waals surface area contributed by atoms with E-state index in [9.17, 15) is 9.90 Å². The molecule has 5 nitrogen and oxygen atoms in total. The maximum Gasteiger partial charge on any atom is 0.275 e. The van der Waals surface area contributed by atoms with Gasteiger partial charge in [-0.15, -0.1) is 0 Å². The number of para-hydroxylation sites is 1. The molecule has 0 aliphatic heterocycles. The summed E-state index contributed by atoms with van der Waals surface area (Å²) >= 11 is 11.9. The molecule has 1 aromatic heterocycles. The molecule has 3 rings (SSSR count). The third-order valence-electron chi connectivity index (χ3n) is 3.26. The Labute approximate surface area is 141 Å². The Morgan fingerprint density at radius 3 is 2.83 bits per heavy atom. The predicted octanol–water partition coefficient (Wildman–Crippen LogP) is 3.94. The maximum absolute atomic E-state index is 12.0. The van der Waals surface area contributed by atoms with Crippen LogP contribution >= 0.6 is 23.2 Å². The van der Waals surface area contributed by atoms with Crippen LogP contribution in [0.5, 0.6) is 5.75 Å². The van der Waals surface area contributed by atoms with Gasteiger partial charge in [-0.05, 0) is 24.3 Å². The third kappa shape index (κ3) is 3.16. The lowest BCUT2D eigenvalue weighted by Crippen LogP contribution is -2.17. The van der Waals surface area contributed by atoms with Crippen LogP contribution < -0.4 is 5.43 Å². The van der Waals surface area contributed by atoms with Crippen molar-refractivity contribution >= 4 is 46.2 Å². The number of carbonyl (C=O) groups is 1. The minimum absolute atomic E-state index is 0.0414. The fraction of sp³-hybridized carbons (Fsp3) is 0. The van der Waals surface area contributed by atoms with Crippen LogP contribution in [0.1, 0.15) is 15.9 Å². The minimum Gasteiger partial charge on any atom is -0.507 e. The number of fused-ring (bicyclic) bond motifs is 1. The summed E-state index contributed by atoms with van der Waals surface area (Å²) in [7, 11) is 0. The van der Waals surface area contributed by atoms with E-state index in [1.807, 2.05) is 24.3 Å². The molecule has 3 N–H and O–H groups in total. The van der Waals surface area contributed by atoms with Crippen molar-refractivity contribution in [2.45, 2.75) is 0 Å². The van der Waals surface area contributed by atoms with Crippen molar-refractivity contribution in [3.05, 3.63) is 63.8 Å². The lowest BCUT2D eigenvalue weighted by molar-refractivity contribution is 0.0952. The molecule has 0 unspecified atom stereocenters. The molecule has 0 spiro atoms. The van der Waals surface area contributed by atoms with Crippen molar-refractivity contribution in [1.82, 2.24) is 10.4 Å². The smallest absolute Gasteiger partial charge is 0.275 e. The summed E-state index contributed by atoms with van der Waals surface area (Å²) in [6.45, 7) is 0. The van der Waals surface area contributed by atoms with Crippen molar-refractivity contribution in [2.75, 3.05) is 0 Å². The number of amides is 1. The molecule has 2 aromatic carbocycles. The van der Waals surface area contributed by atoms with Crippen LogP contribution in [0, 0.1) is 0 Å². The van der Waals surface area contributed by atoms with Crippen LogP contribution in [-0.4, -0.2) is 22.2 Å². The first-order valence-electron chi connectivity index (χ1n) is 6.64. The predicted molar refractivity (Wildman–Crippen MR) is 91.5 cm³/mol. The van der Waals surface area contributed by atoms with E-state index in [1.165, 1.54) is 24.4 Å². The summed E-state index contributed by atoms with van der Waals surface area (Å²) in [6, 6.07) is 11.7. The molecule has 0 radical (unpaired) electrons. The highest BCUT2D eigenvalue weighted by molar-refractivity contribution is 6.34. The molecule has 0 saturated carbocycles. The van der Waals surface area contributed by atoms with E-state index in [2.05, 4.69) is 15.5 Å². The number of aromatic nitrogens is 1. The molecular formula is C16H11Cl2N3O2. The highest BCUT2D eigenvalue weighted by Crippen LogP contribution is 2.24. The Balaban J connectivity index is 1.82. The van der Waals surface area contributed by atoms with Gasteiger partial charge in [-0.2, -0.15) is 5.10 Å².